The maximum atomic E-state index is 13.2. The van der Waals surface area contributed by atoms with E-state index < -0.39 is 0 Å². The molecule has 3 nitrogen and oxygen atoms in total. The van der Waals surface area contributed by atoms with E-state index in [4.69, 9.17) is 7.85 Å². The van der Waals surface area contributed by atoms with Crippen LogP contribution in [0.15, 0.2) is 71.5 Å². The van der Waals surface area contributed by atoms with Gasteiger partial charge in [-0.1, -0.05) is 87.3 Å². The van der Waals surface area contributed by atoms with Crippen molar-refractivity contribution in [3.63, 3.8) is 0 Å². The molecule has 0 N–H and O–H groups in total. The van der Waals surface area contributed by atoms with Gasteiger partial charge in [0.1, 0.15) is 7.85 Å². The van der Waals surface area contributed by atoms with Crippen molar-refractivity contribution in [2.45, 2.75) is 52.5 Å². The van der Waals surface area contributed by atoms with Crippen molar-refractivity contribution in [1.29, 1.82) is 0 Å². The second-order valence-corrected chi connectivity index (χ2v) is 8.80. The number of rotatable bonds is 7. The van der Waals surface area contributed by atoms with Crippen molar-refractivity contribution in [1.82, 2.24) is 9.55 Å². The second-order valence-electron chi connectivity index (χ2n) is 8.80. The van der Waals surface area contributed by atoms with Crippen LogP contribution in [0, 0.1) is 0 Å². The lowest BCUT2D eigenvalue weighted by molar-refractivity contribution is 0.762. The summed E-state index contributed by atoms with van der Waals surface area (Å²) >= 11 is 0. The van der Waals surface area contributed by atoms with Gasteiger partial charge in [-0.2, -0.15) is 4.98 Å². The topological polar surface area (TPSA) is 34.9 Å². The summed E-state index contributed by atoms with van der Waals surface area (Å²) in [6.45, 7) is 7.03. The molecular weight excluding hydrogens is 391 g/mol. The molecule has 4 aromatic rings. The Hall–Kier alpha value is -3.14. The number of benzene rings is 3. The molecule has 0 saturated heterocycles. The van der Waals surface area contributed by atoms with Gasteiger partial charge in [-0.3, -0.25) is 4.57 Å². The number of aryl methyl sites for hydroxylation is 1. The summed E-state index contributed by atoms with van der Waals surface area (Å²) in [6, 6.07) is 22.5. The molecule has 2 radical (unpaired) electrons. The Morgan fingerprint density at radius 1 is 0.938 bits per heavy atom. The number of unbranched alkanes of at least 4 members (excludes halogenated alkanes) is 1. The summed E-state index contributed by atoms with van der Waals surface area (Å²) in [4.78, 5) is 17.7. The minimum Gasteiger partial charge on any atom is -0.287 e. The quantitative estimate of drug-likeness (QED) is 0.377. The van der Waals surface area contributed by atoms with Crippen molar-refractivity contribution in [2.75, 3.05) is 0 Å². The fourth-order valence-electron chi connectivity index (χ4n) is 4.07. The summed E-state index contributed by atoms with van der Waals surface area (Å²) in [5.74, 6) is 0.460. The summed E-state index contributed by atoms with van der Waals surface area (Å²) in [7, 11) is 5.83. The molecule has 32 heavy (non-hydrogen) atoms. The van der Waals surface area contributed by atoms with E-state index >= 15 is 0 Å². The van der Waals surface area contributed by atoms with Crippen molar-refractivity contribution in [2.24, 2.45) is 0 Å². The van der Waals surface area contributed by atoms with Gasteiger partial charge in [0.25, 0.3) is 0 Å². The SMILES string of the molecule is [B]c1ccc(Cn2c(=O)nc(-c3ccc(C(C)C)cc3)c3cc(CCCC)ccc32)cc1. The van der Waals surface area contributed by atoms with E-state index in [-0.39, 0.29) is 5.69 Å². The van der Waals surface area contributed by atoms with Gasteiger partial charge >= 0.3 is 5.69 Å². The Morgan fingerprint density at radius 3 is 2.28 bits per heavy atom. The zero-order chi connectivity index (χ0) is 22.7. The molecule has 0 saturated carbocycles. The smallest absolute Gasteiger partial charge is 0.287 e. The Morgan fingerprint density at radius 2 is 1.62 bits per heavy atom. The third kappa shape index (κ3) is 4.70. The number of aromatic nitrogens is 2. The van der Waals surface area contributed by atoms with Crippen LogP contribution in [-0.2, 0) is 13.0 Å². The second kappa shape index (κ2) is 9.56. The van der Waals surface area contributed by atoms with Gasteiger partial charge in [-0.05, 0) is 47.6 Å². The first-order valence-corrected chi connectivity index (χ1v) is 11.4. The monoisotopic (exact) mass is 420 g/mol. The van der Waals surface area contributed by atoms with Crippen LogP contribution >= 0.6 is 0 Å². The van der Waals surface area contributed by atoms with Crippen LogP contribution in [0.2, 0.25) is 0 Å². The van der Waals surface area contributed by atoms with Gasteiger partial charge in [0.15, 0.2) is 0 Å². The van der Waals surface area contributed by atoms with Gasteiger partial charge < -0.3 is 0 Å². The maximum absolute atomic E-state index is 13.2. The molecule has 1 heterocycles. The summed E-state index contributed by atoms with van der Waals surface area (Å²) in [5.41, 5.74) is 6.69. The molecule has 3 aromatic carbocycles. The van der Waals surface area contributed by atoms with Crippen molar-refractivity contribution in [3.05, 3.63) is 93.9 Å². The average molecular weight is 420 g/mol. The molecule has 4 heteroatoms. The minimum absolute atomic E-state index is 0.237. The molecule has 0 aliphatic rings. The van der Waals surface area contributed by atoms with E-state index in [1.165, 1.54) is 11.1 Å². The molecule has 4 rings (SSSR count). The fourth-order valence-corrected chi connectivity index (χ4v) is 4.07. The standard InChI is InChI=1S/C28H29BN2O/c1-4-5-6-20-9-16-26-25(17-20)27(23-12-10-22(11-13-23)19(2)3)30-28(32)31(26)18-21-7-14-24(29)15-8-21/h7-17,19H,4-6,18H2,1-3H3. The number of hydrogen-bond donors (Lipinski definition) is 0. The van der Waals surface area contributed by atoms with E-state index in [1.54, 1.807) is 4.57 Å². The van der Waals surface area contributed by atoms with Gasteiger partial charge in [0, 0.05) is 10.9 Å². The van der Waals surface area contributed by atoms with E-state index in [1.807, 2.05) is 24.3 Å². The summed E-state index contributed by atoms with van der Waals surface area (Å²) in [6.07, 6.45) is 3.31. The molecule has 0 fully saturated rings. The molecule has 0 atom stereocenters. The van der Waals surface area contributed by atoms with Crippen LogP contribution in [0.1, 0.15) is 56.2 Å². The Labute approximate surface area is 191 Å². The lowest BCUT2D eigenvalue weighted by Crippen LogP contribution is -2.25. The van der Waals surface area contributed by atoms with Crippen molar-refractivity contribution in [3.8, 4) is 11.3 Å². The highest BCUT2D eigenvalue weighted by molar-refractivity contribution is 6.32. The van der Waals surface area contributed by atoms with Crippen LogP contribution in [-0.4, -0.2) is 17.4 Å². The lowest BCUT2D eigenvalue weighted by Gasteiger charge is -2.15. The summed E-state index contributed by atoms with van der Waals surface area (Å²) < 4.78 is 1.76. The minimum atomic E-state index is -0.237. The number of hydrogen-bond acceptors (Lipinski definition) is 2. The lowest BCUT2D eigenvalue weighted by atomic mass is 9.95. The van der Waals surface area contributed by atoms with E-state index in [0.717, 1.165) is 47.0 Å². The third-order valence-electron chi connectivity index (χ3n) is 6.04. The van der Waals surface area contributed by atoms with E-state index in [9.17, 15) is 4.79 Å². The molecule has 0 bridgehead atoms. The van der Waals surface area contributed by atoms with Crippen molar-refractivity contribution >= 4 is 24.2 Å². The summed E-state index contributed by atoms with van der Waals surface area (Å²) in [5, 5.41) is 1.02. The normalized spacial score (nSPS) is 11.4. The average Bonchev–Trinajstić information content (AvgIpc) is 2.80. The molecule has 0 unspecified atom stereocenters. The first-order valence-electron chi connectivity index (χ1n) is 11.4. The number of nitrogens with zero attached hydrogens (tertiary/aromatic N) is 2. The van der Waals surface area contributed by atoms with Crippen molar-refractivity contribution < 1.29 is 0 Å². The number of fused-ring (bicyclic) bond motifs is 1. The molecule has 0 aliphatic carbocycles. The van der Waals surface area contributed by atoms with Crippen LogP contribution in [0.5, 0.6) is 0 Å². The van der Waals surface area contributed by atoms with Crippen LogP contribution in [0.4, 0.5) is 0 Å². The fraction of sp³-hybridized carbons (Fsp3) is 0.286. The van der Waals surface area contributed by atoms with Gasteiger partial charge in [-0.15, -0.1) is 0 Å². The highest BCUT2D eigenvalue weighted by Crippen LogP contribution is 2.28. The highest BCUT2D eigenvalue weighted by Gasteiger charge is 2.14. The molecule has 0 spiro atoms. The molecular formula is C28H29BN2O. The van der Waals surface area contributed by atoms with Gasteiger partial charge in [0.2, 0.25) is 0 Å². The van der Waals surface area contributed by atoms with E-state index in [2.05, 4.69) is 68.2 Å². The third-order valence-corrected chi connectivity index (χ3v) is 6.04. The van der Waals surface area contributed by atoms with Gasteiger partial charge in [-0.25, -0.2) is 4.79 Å². The Bertz CT molecular complexity index is 1270. The predicted molar refractivity (Wildman–Crippen MR) is 135 cm³/mol. The molecule has 0 amide bonds. The predicted octanol–water partition coefficient (Wildman–Crippen LogP) is 5.37. The molecule has 0 aliphatic heterocycles. The van der Waals surface area contributed by atoms with Crippen LogP contribution in [0.25, 0.3) is 22.2 Å². The Balaban J connectivity index is 1.87. The largest absolute Gasteiger partial charge is 0.348 e. The molecule has 160 valence electrons. The van der Waals surface area contributed by atoms with Crippen LogP contribution in [0.3, 0.4) is 0 Å². The van der Waals surface area contributed by atoms with Crippen LogP contribution < -0.4 is 11.2 Å². The highest BCUT2D eigenvalue weighted by atomic mass is 16.1. The first-order chi connectivity index (χ1) is 15.5. The zero-order valence-electron chi connectivity index (χ0n) is 19.1. The Kier molecular flexibility index (Phi) is 6.59. The first kappa shape index (κ1) is 22.1. The zero-order valence-corrected chi connectivity index (χ0v) is 19.1. The van der Waals surface area contributed by atoms with E-state index in [0.29, 0.717) is 17.9 Å². The van der Waals surface area contributed by atoms with Gasteiger partial charge in [0.05, 0.1) is 17.8 Å². The maximum Gasteiger partial charge on any atom is 0.348 e. The molecule has 1 aromatic heterocycles.